The molecule has 0 saturated heterocycles. The van der Waals surface area contributed by atoms with Gasteiger partial charge in [0.25, 0.3) is 0 Å². The Morgan fingerprint density at radius 3 is 2.28 bits per heavy atom. The number of nitrogens with one attached hydrogen (secondary N) is 1. The minimum atomic E-state index is -3.31. The van der Waals surface area contributed by atoms with E-state index in [-0.39, 0.29) is 0 Å². The molecule has 0 aromatic heterocycles. The molecule has 1 aromatic rings. The maximum absolute atomic E-state index is 11.9. The lowest BCUT2D eigenvalue weighted by molar-refractivity contribution is 0.520. The quantitative estimate of drug-likeness (QED) is 0.769. The molecule has 0 amide bonds. The molecule has 0 radical (unpaired) electrons. The highest BCUT2D eigenvalue weighted by Crippen LogP contribution is 2.13. The third-order valence-electron chi connectivity index (χ3n) is 2.74. The van der Waals surface area contributed by atoms with E-state index in [1.54, 1.807) is 12.1 Å². The Hall–Kier alpha value is -0.910. The average molecular weight is 270 g/mol. The minimum absolute atomic E-state index is 0.338. The van der Waals surface area contributed by atoms with Gasteiger partial charge in [0.1, 0.15) is 0 Å². The van der Waals surface area contributed by atoms with Gasteiger partial charge in [0.15, 0.2) is 0 Å². The Labute approximate surface area is 110 Å². The second-order valence-electron chi connectivity index (χ2n) is 4.46. The molecule has 0 unspecified atom stereocenters. The van der Waals surface area contributed by atoms with Crippen LogP contribution in [0.4, 0.5) is 0 Å². The summed E-state index contributed by atoms with van der Waals surface area (Å²) in [6.07, 6.45) is 2.33. The van der Waals surface area contributed by atoms with Crippen molar-refractivity contribution in [1.29, 1.82) is 0 Å². The molecule has 5 heteroatoms. The van der Waals surface area contributed by atoms with Crippen molar-refractivity contribution < 1.29 is 8.42 Å². The largest absolute Gasteiger partial charge is 0.313 e. The van der Waals surface area contributed by atoms with Crippen LogP contribution in [0.15, 0.2) is 29.2 Å². The summed E-state index contributed by atoms with van der Waals surface area (Å²) in [6, 6.07) is 7.03. The van der Waals surface area contributed by atoms with Crippen molar-refractivity contribution in [3.8, 4) is 0 Å². The zero-order chi connectivity index (χ0) is 13.6. The number of nitrogens with zero attached hydrogens (tertiary/aromatic N) is 1. The summed E-state index contributed by atoms with van der Waals surface area (Å²) in [5.74, 6) is 0. The van der Waals surface area contributed by atoms with Gasteiger partial charge in [-0.15, -0.1) is 0 Å². The van der Waals surface area contributed by atoms with Gasteiger partial charge in [0.2, 0.25) is 10.0 Å². The average Bonchev–Trinajstić information content (AvgIpc) is 2.35. The highest BCUT2D eigenvalue weighted by atomic mass is 32.2. The van der Waals surface area contributed by atoms with Gasteiger partial charge >= 0.3 is 0 Å². The van der Waals surface area contributed by atoms with Crippen molar-refractivity contribution in [2.45, 2.75) is 31.2 Å². The lowest BCUT2D eigenvalue weighted by Crippen LogP contribution is -2.22. The maximum Gasteiger partial charge on any atom is 0.242 e. The van der Waals surface area contributed by atoms with E-state index in [0.29, 0.717) is 4.90 Å². The van der Waals surface area contributed by atoms with Crippen molar-refractivity contribution in [1.82, 2.24) is 9.62 Å². The summed E-state index contributed by atoms with van der Waals surface area (Å²) in [5, 5.41) is 3.32. The Bertz CT molecular complexity index is 452. The van der Waals surface area contributed by atoms with E-state index < -0.39 is 10.0 Å². The number of sulfonamides is 1. The summed E-state index contributed by atoms with van der Waals surface area (Å²) in [7, 11) is -0.235. The van der Waals surface area contributed by atoms with Crippen LogP contribution in [-0.2, 0) is 16.6 Å². The molecular weight excluding hydrogens is 248 g/mol. The van der Waals surface area contributed by atoms with Crippen LogP contribution in [0.3, 0.4) is 0 Å². The van der Waals surface area contributed by atoms with Crippen LogP contribution < -0.4 is 5.32 Å². The van der Waals surface area contributed by atoms with Gasteiger partial charge in [-0.3, -0.25) is 0 Å². The summed E-state index contributed by atoms with van der Waals surface area (Å²) in [4.78, 5) is 0.338. The molecule has 1 aromatic carbocycles. The topological polar surface area (TPSA) is 49.4 Å². The molecule has 0 aliphatic carbocycles. The standard InChI is InChI=1S/C13H22N2O2S/c1-4-5-10-14-11-12-6-8-13(9-7-12)18(16,17)15(2)3/h6-9,14H,4-5,10-11H2,1-3H3. The van der Waals surface area contributed by atoms with Crippen molar-refractivity contribution in [2.75, 3.05) is 20.6 Å². The summed E-state index contributed by atoms with van der Waals surface area (Å²) < 4.78 is 24.9. The molecule has 1 N–H and O–H groups in total. The first-order chi connectivity index (χ1) is 8.48. The van der Waals surface area contributed by atoms with E-state index in [1.165, 1.54) is 24.8 Å². The smallest absolute Gasteiger partial charge is 0.242 e. The maximum atomic E-state index is 11.9. The Balaban J connectivity index is 2.63. The minimum Gasteiger partial charge on any atom is -0.313 e. The van der Waals surface area contributed by atoms with E-state index in [4.69, 9.17) is 0 Å². The van der Waals surface area contributed by atoms with Crippen LogP contribution >= 0.6 is 0 Å². The predicted octanol–water partition coefficient (Wildman–Crippen LogP) is 1.83. The van der Waals surface area contributed by atoms with E-state index in [2.05, 4.69) is 12.2 Å². The first-order valence-corrected chi connectivity index (χ1v) is 7.64. The lowest BCUT2D eigenvalue weighted by atomic mass is 10.2. The Morgan fingerprint density at radius 1 is 1.17 bits per heavy atom. The molecule has 0 aliphatic heterocycles. The number of benzene rings is 1. The third kappa shape index (κ3) is 4.08. The molecule has 0 fully saturated rings. The molecule has 18 heavy (non-hydrogen) atoms. The molecule has 0 atom stereocenters. The van der Waals surface area contributed by atoms with Gasteiger partial charge < -0.3 is 5.32 Å². The Morgan fingerprint density at radius 2 is 1.78 bits per heavy atom. The first kappa shape index (κ1) is 15.1. The number of rotatable bonds is 7. The van der Waals surface area contributed by atoms with Crippen LogP contribution in [-0.4, -0.2) is 33.4 Å². The monoisotopic (exact) mass is 270 g/mol. The molecule has 0 heterocycles. The second kappa shape index (κ2) is 6.87. The molecule has 4 nitrogen and oxygen atoms in total. The molecule has 1 rings (SSSR count). The fourth-order valence-corrected chi connectivity index (χ4v) is 2.43. The second-order valence-corrected chi connectivity index (χ2v) is 6.61. The molecule has 0 spiro atoms. The normalized spacial score (nSPS) is 12.0. The molecule has 102 valence electrons. The van der Waals surface area contributed by atoms with Crippen LogP contribution in [0.2, 0.25) is 0 Å². The zero-order valence-electron chi connectivity index (χ0n) is 11.3. The van der Waals surface area contributed by atoms with Crippen molar-refractivity contribution >= 4 is 10.0 Å². The van der Waals surface area contributed by atoms with E-state index in [1.807, 2.05) is 12.1 Å². The van der Waals surface area contributed by atoms with Crippen LogP contribution in [0.25, 0.3) is 0 Å². The van der Waals surface area contributed by atoms with Crippen LogP contribution in [0.5, 0.6) is 0 Å². The molecular formula is C13H22N2O2S. The fourth-order valence-electron chi connectivity index (χ4n) is 1.52. The van der Waals surface area contributed by atoms with Gasteiger partial charge in [0.05, 0.1) is 4.90 Å². The number of hydrogen-bond donors (Lipinski definition) is 1. The predicted molar refractivity (Wildman–Crippen MR) is 73.9 cm³/mol. The van der Waals surface area contributed by atoms with Crippen LogP contribution in [0, 0.1) is 0 Å². The molecule has 0 saturated carbocycles. The lowest BCUT2D eigenvalue weighted by Gasteiger charge is -2.11. The van der Waals surface area contributed by atoms with Gasteiger partial charge in [0, 0.05) is 20.6 Å². The van der Waals surface area contributed by atoms with E-state index in [9.17, 15) is 8.42 Å². The summed E-state index contributed by atoms with van der Waals surface area (Å²) in [6.45, 7) is 3.93. The van der Waals surface area contributed by atoms with E-state index in [0.717, 1.165) is 25.1 Å². The number of unbranched alkanes of at least 4 members (excludes halogenated alkanes) is 1. The first-order valence-electron chi connectivity index (χ1n) is 6.20. The zero-order valence-corrected chi connectivity index (χ0v) is 12.1. The van der Waals surface area contributed by atoms with Crippen molar-refractivity contribution in [3.05, 3.63) is 29.8 Å². The SMILES string of the molecule is CCCCNCc1ccc(S(=O)(=O)N(C)C)cc1. The highest BCUT2D eigenvalue weighted by molar-refractivity contribution is 7.89. The summed E-state index contributed by atoms with van der Waals surface area (Å²) in [5.41, 5.74) is 1.10. The number of hydrogen-bond acceptors (Lipinski definition) is 3. The molecule has 0 aliphatic rings. The van der Waals surface area contributed by atoms with Crippen molar-refractivity contribution in [3.63, 3.8) is 0 Å². The van der Waals surface area contributed by atoms with Crippen molar-refractivity contribution in [2.24, 2.45) is 0 Å². The van der Waals surface area contributed by atoms with Gasteiger partial charge in [-0.25, -0.2) is 12.7 Å². The highest BCUT2D eigenvalue weighted by Gasteiger charge is 2.16. The fraction of sp³-hybridized carbons (Fsp3) is 0.538. The third-order valence-corrected chi connectivity index (χ3v) is 4.57. The van der Waals surface area contributed by atoms with Gasteiger partial charge in [-0.2, -0.15) is 0 Å². The van der Waals surface area contributed by atoms with Gasteiger partial charge in [-0.1, -0.05) is 25.5 Å². The van der Waals surface area contributed by atoms with Crippen LogP contribution in [0.1, 0.15) is 25.3 Å². The summed E-state index contributed by atoms with van der Waals surface area (Å²) >= 11 is 0. The molecule has 0 bridgehead atoms. The van der Waals surface area contributed by atoms with E-state index >= 15 is 0 Å². The Kier molecular flexibility index (Phi) is 5.78. The van der Waals surface area contributed by atoms with Gasteiger partial charge in [-0.05, 0) is 30.7 Å².